The average molecular weight is 220 g/mol. The molecule has 1 aliphatic rings. The van der Waals surface area contributed by atoms with Crippen molar-refractivity contribution in [1.29, 1.82) is 0 Å². The van der Waals surface area contributed by atoms with E-state index < -0.39 is 0 Å². The lowest BCUT2D eigenvalue weighted by Crippen LogP contribution is -2.50. The molecule has 82 valence electrons. The highest BCUT2D eigenvalue weighted by Crippen LogP contribution is 2.14. The number of halogens is 1. The lowest BCUT2D eigenvalue weighted by molar-refractivity contribution is -0.142. The van der Waals surface area contributed by atoms with Gasteiger partial charge in [0.05, 0.1) is 12.2 Å². The number of morpholine rings is 1. The molecule has 4 heteroatoms. The van der Waals surface area contributed by atoms with Crippen LogP contribution in [0.25, 0.3) is 0 Å². The Bertz CT molecular complexity index is 200. The summed E-state index contributed by atoms with van der Waals surface area (Å²) in [7, 11) is 0. The molecule has 0 aromatic rings. The van der Waals surface area contributed by atoms with Crippen LogP contribution in [0.5, 0.6) is 0 Å². The Hall–Kier alpha value is -0.280. The van der Waals surface area contributed by atoms with E-state index in [1.54, 1.807) is 4.90 Å². The molecule has 0 aromatic carbocycles. The van der Waals surface area contributed by atoms with Crippen molar-refractivity contribution >= 4 is 17.5 Å². The number of hydrogen-bond acceptors (Lipinski definition) is 2. The third-order valence-electron chi connectivity index (χ3n) is 2.36. The van der Waals surface area contributed by atoms with E-state index in [9.17, 15) is 4.79 Å². The van der Waals surface area contributed by atoms with Gasteiger partial charge in [-0.25, -0.2) is 0 Å². The topological polar surface area (TPSA) is 29.5 Å². The van der Waals surface area contributed by atoms with Crippen LogP contribution in [0.15, 0.2) is 0 Å². The Labute approximate surface area is 90.4 Å². The molecule has 0 spiro atoms. The van der Waals surface area contributed by atoms with Gasteiger partial charge in [0.1, 0.15) is 5.38 Å². The minimum atomic E-state index is -0.382. The van der Waals surface area contributed by atoms with Gasteiger partial charge < -0.3 is 9.64 Å². The third-order valence-corrected chi connectivity index (χ3v) is 2.85. The van der Waals surface area contributed by atoms with Crippen molar-refractivity contribution in [3.05, 3.63) is 0 Å². The van der Waals surface area contributed by atoms with Crippen LogP contribution >= 0.6 is 11.6 Å². The van der Waals surface area contributed by atoms with Crippen LogP contribution in [0.1, 0.15) is 27.2 Å². The molecule has 3 nitrogen and oxygen atoms in total. The van der Waals surface area contributed by atoms with E-state index in [1.165, 1.54) is 0 Å². The summed E-state index contributed by atoms with van der Waals surface area (Å²) in [6, 6.07) is 0. The van der Waals surface area contributed by atoms with E-state index >= 15 is 0 Å². The molecular formula is C10H18ClNO2. The molecule has 0 N–H and O–H groups in total. The van der Waals surface area contributed by atoms with Crippen LogP contribution in [-0.4, -0.2) is 41.5 Å². The highest BCUT2D eigenvalue weighted by molar-refractivity contribution is 6.30. The summed E-state index contributed by atoms with van der Waals surface area (Å²) in [6.07, 6.45) is 0.910. The molecule has 1 saturated heterocycles. The first-order valence-electron chi connectivity index (χ1n) is 5.13. The van der Waals surface area contributed by atoms with Gasteiger partial charge in [-0.1, -0.05) is 6.92 Å². The fourth-order valence-electron chi connectivity index (χ4n) is 1.73. The third kappa shape index (κ3) is 2.85. The number of carbonyl (C=O) groups is 1. The van der Waals surface area contributed by atoms with Crippen molar-refractivity contribution in [3.63, 3.8) is 0 Å². The second-order valence-electron chi connectivity index (χ2n) is 3.88. The zero-order valence-electron chi connectivity index (χ0n) is 9.00. The second kappa shape index (κ2) is 4.99. The number of nitrogens with zero attached hydrogens (tertiary/aromatic N) is 1. The normalized spacial score (nSPS) is 30.1. The maximum Gasteiger partial charge on any atom is 0.240 e. The van der Waals surface area contributed by atoms with Crippen molar-refractivity contribution in [2.75, 3.05) is 13.1 Å². The van der Waals surface area contributed by atoms with Crippen molar-refractivity contribution < 1.29 is 9.53 Å². The fourth-order valence-corrected chi connectivity index (χ4v) is 1.87. The number of ether oxygens (including phenoxy) is 1. The maximum absolute atomic E-state index is 11.8. The standard InChI is InChI=1S/C10H18ClNO2/c1-4-9(11)10(13)12-5-7(2)14-8(3)6-12/h7-9H,4-6H2,1-3H3/t7-,8-,9+/m1/s1. The highest BCUT2D eigenvalue weighted by Gasteiger charge is 2.28. The molecule has 0 aromatic heterocycles. The monoisotopic (exact) mass is 219 g/mol. The molecule has 0 saturated carbocycles. The second-order valence-corrected chi connectivity index (χ2v) is 4.40. The van der Waals surface area contributed by atoms with E-state index in [-0.39, 0.29) is 23.5 Å². The number of hydrogen-bond donors (Lipinski definition) is 0. The summed E-state index contributed by atoms with van der Waals surface area (Å²) in [4.78, 5) is 13.6. The molecule has 1 rings (SSSR count). The molecule has 1 amide bonds. The molecule has 1 fully saturated rings. The predicted molar refractivity (Wildman–Crippen MR) is 56.5 cm³/mol. The van der Waals surface area contributed by atoms with E-state index in [0.717, 1.165) is 0 Å². The maximum atomic E-state index is 11.8. The zero-order valence-corrected chi connectivity index (χ0v) is 9.75. The molecule has 0 radical (unpaired) electrons. The Morgan fingerprint density at radius 3 is 2.43 bits per heavy atom. The molecule has 0 bridgehead atoms. The Morgan fingerprint density at radius 2 is 2.00 bits per heavy atom. The van der Waals surface area contributed by atoms with Gasteiger partial charge in [-0.2, -0.15) is 0 Å². The first kappa shape index (κ1) is 11.8. The largest absolute Gasteiger partial charge is 0.372 e. The smallest absolute Gasteiger partial charge is 0.240 e. The van der Waals surface area contributed by atoms with Gasteiger partial charge in [-0.3, -0.25) is 4.79 Å². The zero-order chi connectivity index (χ0) is 10.7. The molecular weight excluding hydrogens is 202 g/mol. The molecule has 0 aliphatic carbocycles. The van der Waals surface area contributed by atoms with Crippen molar-refractivity contribution in [1.82, 2.24) is 4.90 Å². The lowest BCUT2D eigenvalue weighted by atomic mass is 10.2. The summed E-state index contributed by atoms with van der Waals surface area (Å²) in [5.74, 6) is 0.0381. The Morgan fingerprint density at radius 1 is 1.50 bits per heavy atom. The number of amides is 1. The van der Waals surface area contributed by atoms with Crippen LogP contribution in [-0.2, 0) is 9.53 Å². The summed E-state index contributed by atoms with van der Waals surface area (Å²) < 4.78 is 5.54. The van der Waals surface area contributed by atoms with Crippen LogP contribution in [0, 0.1) is 0 Å². The van der Waals surface area contributed by atoms with Gasteiger partial charge in [0, 0.05) is 13.1 Å². The molecule has 3 atom stereocenters. The fraction of sp³-hybridized carbons (Fsp3) is 0.900. The van der Waals surface area contributed by atoms with Crippen LogP contribution < -0.4 is 0 Å². The van der Waals surface area contributed by atoms with Gasteiger partial charge in [0.15, 0.2) is 0 Å². The summed E-state index contributed by atoms with van der Waals surface area (Å²) in [5, 5.41) is -0.382. The minimum absolute atomic E-state index is 0.0381. The summed E-state index contributed by atoms with van der Waals surface area (Å²) in [6.45, 7) is 7.19. The quantitative estimate of drug-likeness (QED) is 0.661. The van der Waals surface area contributed by atoms with E-state index in [4.69, 9.17) is 16.3 Å². The Kier molecular flexibility index (Phi) is 4.20. The first-order chi connectivity index (χ1) is 6.54. The first-order valence-corrected chi connectivity index (χ1v) is 5.56. The molecule has 14 heavy (non-hydrogen) atoms. The number of rotatable bonds is 2. The minimum Gasteiger partial charge on any atom is -0.372 e. The van der Waals surface area contributed by atoms with Crippen LogP contribution in [0.3, 0.4) is 0 Å². The van der Waals surface area contributed by atoms with Crippen molar-refractivity contribution in [3.8, 4) is 0 Å². The summed E-state index contributed by atoms with van der Waals surface area (Å²) >= 11 is 5.91. The molecule has 1 heterocycles. The van der Waals surface area contributed by atoms with Crippen LogP contribution in [0.2, 0.25) is 0 Å². The predicted octanol–water partition coefficient (Wildman–Crippen LogP) is 1.64. The lowest BCUT2D eigenvalue weighted by Gasteiger charge is -2.36. The van der Waals surface area contributed by atoms with Gasteiger partial charge in [0.2, 0.25) is 5.91 Å². The molecule has 0 unspecified atom stereocenters. The van der Waals surface area contributed by atoms with Crippen molar-refractivity contribution in [2.24, 2.45) is 0 Å². The average Bonchev–Trinajstić information content (AvgIpc) is 2.14. The number of alkyl halides is 1. The van der Waals surface area contributed by atoms with Gasteiger partial charge >= 0.3 is 0 Å². The van der Waals surface area contributed by atoms with Crippen molar-refractivity contribution in [2.45, 2.75) is 44.8 Å². The van der Waals surface area contributed by atoms with Gasteiger partial charge in [-0.15, -0.1) is 11.6 Å². The van der Waals surface area contributed by atoms with Gasteiger partial charge in [-0.05, 0) is 20.3 Å². The van der Waals surface area contributed by atoms with E-state index in [1.807, 2.05) is 20.8 Å². The Balaban J connectivity index is 2.54. The van der Waals surface area contributed by atoms with Gasteiger partial charge in [0.25, 0.3) is 0 Å². The van der Waals surface area contributed by atoms with E-state index in [2.05, 4.69) is 0 Å². The van der Waals surface area contributed by atoms with E-state index in [0.29, 0.717) is 19.5 Å². The van der Waals surface area contributed by atoms with Crippen LogP contribution in [0.4, 0.5) is 0 Å². The SMILES string of the molecule is CC[C@H](Cl)C(=O)N1C[C@@H](C)O[C@H](C)C1. The number of carbonyl (C=O) groups excluding carboxylic acids is 1. The summed E-state index contributed by atoms with van der Waals surface area (Å²) in [5.41, 5.74) is 0. The highest BCUT2D eigenvalue weighted by atomic mass is 35.5. The molecule has 1 aliphatic heterocycles.